The summed E-state index contributed by atoms with van der Waals surface area (Å²) >= 11 is 5.91. The Morgan fingerprint density at radius 2 is 2.10 bits per heavy atom. The fourth-order valence-corrected chi connectivity index (χ4v) is 3.88. The number of ether oxygens (including phenoxy) is 1. The van der Waals surface area contributed by atoms with E-state index in [0.717, 1.165) is 30.6 Å². The van der Waals surface area contributed by atoms with E-state index in [1.54, 1.807) is 30.3 Å². The topological polar surface area (TPSA) is 87.7 Å². The van der Waals surface area contributed by atoms with E-state index in [9.17, 15) is 14.4 Å². The lowest BCUT2D eigenvalue weighted by Gasteiger charge is -2.33. The summed E-state index contributed by atoms with van der Waals surface area (Å²) in [6, 6.07) is 12.0. The zero-order chi connectivity index (χ0) is 20.4. The molecule has 0 spiro atoms. The van der Waals surface area contributed by atoms with E-state index >= 15 is 0 Å². The number of carbonyl (C=O) groups excluding carboxylic acids is 3. The number of amides is 2. The predicted molar refractivity (Wildman–Crippen MR) is 109 cm³/mol. The van der Waals surface area contributed by atoms with Crippen molar-refractivity contribution in [3.63, 3.8) is 0 Å². The van der Waals surface area contributed by atoms with Crippen LogP contribution >= 0.6 is 11.6 Å². The van der Waals surface area contributed by atoms with Crippen LogP contribution in [0.25, 0.3) is 0 Å². The van der Waals surface area contributed by atoms with Gasteiger partial charge in [-0.1, -0.05) is 23.7 Å². The van der Waals surface area contributed by atoms with Gasteiger partial charge < -0.3 is 20.3 Å². The number of hydrogen-bond donors (Lipinski definition) is 2. The van der Waals surface area contributed by atoms with Gasteiger partial charge in [-0.2, -0.15) is 0 Å². The van der Waals surface area contributed by atoms with E-state index in [1.165, 1.54) is 0 Å². The van der Waals surface area contributed by atoms with Crippen molar-refractivity contribution >= 4 is 40.8 Å². The summed E-state index contributed by atoms with van der Waals surface area (Å²) in [5.41, 5.74) is 2.63. The van der Waals surface area contributed by atoms with Crippen molar-refractivity contribution in [2.75, 3.05) is 23.4 Å². The number of esters is 1. The van der Waals surface area contributed by atoms with Gasteiger partial charge in [-0.15, -0.1) is 0 Å². The molecule has 8 heteroatoms. The summed E-state index contributed by atoms with van der Waals surface area (Å²) in [6.45, 7) is 0.720. The molecule has 2 aliphatic rings. The molecule has 2 N–H and O–H groups in total. The molecule has 4 rings (SSSR count). The van der Waals surface area contributed by atoms with Crippen molar-refractivity contribution < 1.29 is 19.1 Å². The highest BCUT2D eigenvalue weighted by atomic mass is 35.5. The molecule has 0 radical (unpaired) electrons. The van der Waals surface area contributed by atoms with Crippen molar-refractivity contribution in [2.45, 2.75) is 25.4 Å². The second-order valence-corrected chi connectivity index (χ2v) is 7.49. The van der Waals surface area contributed by atoms with Gasteiger partial charge in [-0.25, -0.2) is 4.79 Å². The van der Waals surface area contributed by atoms with Gasteiger partial charge in [0.15, 0.2) is 6.61 Å². The lowest BCUT2D eigenvalue weighted by atomic mass is 10.1. The highest BCUT2D eigenvalue weighted by Gasteiger charge is 2.36. The monoisotopic (exact) mass is 413 g/mol. The first-order valence-corrected chi connectivity index (χ1v) is 9.79. The number of hydrogen-bond acceptors (Lipinski definition) is 5. The predicted octanol–water partition coefficient (Wildman–Crippen LogP) is 2.73. The molecule has 29 heavy (non-hydrogen) atoms. The van der Waals surface area contributed by atoms with Crippen molar-refractivity contribution in [3.05, 3.63) is 58.6 Å². The van der Waals surface area contributed by atoms with E-state index < -0.39 is 18.5 Å². The number of fused-ring (bicyclic) bond motifs is 3. The summed E-state index contributed by atoms with van der Waals surface area (Å²) in [4.78, 5) is 38.5. The third-order valence-electron chi connectivity index (χ3n) is 5.07. The van der Waals surface area contributed by atoms with Gasteiger partial charge in [0, 0.05) is 18.1 Å². The molecule has 0 unspecified atom stereocenters. The molecule has 0 aromatic heterocycles. The molecule has 2 aliphatic heterocycles. The second kappa shape index (κ2) is 8.13. The fourth-order valence-electron chi connectivity index (χ4n) is 3.67. The van der Waals surface area contributed by atoms with Gasteiger partial charge in [-0.05, 0) is 48.7 Å². The lowest BCUT2D eigenvalue weighted by Crippen LogP contribution is -2.43. The molecule has 0 saturated carbocycles. The number of anilines is 2. The molecule has 1 saturated heterocycles. The molecule has 2 amide bonds. The minimum atomic E-state index is -0.622. The number of benzene rings is 2. The standard InChI is InChI=1S/C21H20ClN3O4/c22-15-4-1-3-13(9-15)11-23-19(26)12-29-21(28)14-6-7-17-16(10-14)24-20(27)18-5-2-8-25(17)18/h1,3-4,6-7,9-10,18H,2,5,8,11-12H2,(H,23,26)(H,24,27)/t18-/m0/s1. The van der Waals surface area contributed by atoms with Crippen LogP contribution in [-0.4, -0.2) is 37.0 Å². The Kier molecular flexibility index (Phi) is 5.40. The average Bonchev–Trinajstić information content (AvgIpc) is 3.21. The minimum absolute atomic E-state index is 0.0547. The van der Waals surface area contributed by atoms with Gasteiger partial charge in [0.1, 0.15) is 6.04 Å². The summed E-state index contributed by atoms with van der Waals surface area (Å²) in [6.07, 6.45) is 1.80. The first kappa shape index (κ1) is 19.3. The molecule has 1 fully saturated rings. The third-order valence-corrected chi connectivity index (χ3v) is 5.30. The van der Waals surface area contributed by atoms with Gasteiger partial charge >= 0.3 is 5.97 Å². The molecule has 2 aromatic carbocycles. The highest BCUT2D eigenvalue weighted by molar-refractivity contribution is 6.30. The number of carbonyl (C=O) groups is 3. The lowest BCUT2D eigenvalue weighted by molar-refractivity contribution is -0.124. The molecule has 1 atom stereocenters. The van der Waals surface area contributed by atoms with Crippen molar-refractivity contribution in [1.82, 2.24) is 5.32 Å². The van der Waals surface area contributed by atoms with Crippen molar-refractivity contribution in [3.8, 4) is 0 Å². The van der Waals surface area contributed by atoms with Gasteiger partial charge in [-0.3, -0.25) is 9.59 Å². The largest absolute Gasteiger partial charge is 0.452 e. The van der Waals surface area contributed by atoms with Crippen LogP contribution in [0, 0.1) is 0 Å². The van der Waals surface area contributed by atoms with Crippen LogP contribution in [0.15, 0.2) is 42.5 Å². The SMILES string of the molecule is O=C(COC(=O)c1ccc2c(c1)NC(=O)[C@@H]1CCCN21)NCc1cccc(Cl)c1. The first-order valence-electron chi connectivity index (χ1n) is 9.41. The normalized spacial score (nSPS) is 17.2. The summed E-state index contributed by atoms with van der Waals surface area (Å²) in [5.74, 6) is -1.09. The minimum Gasteiger partial charge on any atom is -0.452 e. The number of halogens is 1. The van der Waals surface area contributed by atoms with Gasteiger partial charge in [0.25, 0.3) is 5.91 Å². The second-order valence-electron chi connectivity index (χ2n) is 7.06. The number of nitrogens with one attached hydrogen (secondary N) is 2. The van der Waals surface area contributed by atoms with E-state index in [0.29, 0.717) is 17.3 Å². The molecule has 7 nitrogen and oxygen atoms in total. The summed E-state index contributed by atoms with van der Waals surface area (Å²) < 4.78 is 5.10. The maximum absolute atomic E-state index is 12.3. The zero-order valence-electron chi connectivity index (χ0n) is 15.6. The Hall–Kier alpha value is -3.06. The number of nitrogens with zero attached hydrogens (tertiary/aromatic N) is 1. The van der Waals surface area contributed by atoms with Gasteiger partial charge in [0.05, 0.1) is 16.9 Å². The van der Waals surface area contributed by atoms with Crippen LogP contribution in [0.4, 0.5) is 11.4 Å². The molecular weight excluding hydrogens is 394 g/mol. The first-order chi connectivity index (χ1) is 14.0. The Labute approximate surface area is 173 Å². The molecular formula is C21H20ClN3O4. The molecule has 2 heterocycles. The number of rotatable bonds is 5. The van der Waals surface area contributed by atoms with Crippen LogP contribution < -0.4 is 15.5 Å². The molecule has 0 bridgehead atoms. The Balaban J connectivity index is 1.34. The van der Waals surface area contributed by atoms with Gasteiger partial charge in [0.2, 0.25) is 5.91 Å². The highest BCUT2D eigenvalue weighted by Crippen LogP contribution is 2.37. The molecule has 150 valence electrons. The summed E-state index contributed by atoms with van der Waals surface area (Å²) in [5, 5.41) is 6.12. The van der Waals surface area contributed by atoms with Crippen LogP contribution in [0.5, 0.6) is 0 Å². The third kappa shape index (κ3) is 4.19. The Morgan fingerprint density at radius 1 is 1.24 bits per heavy atom. The van der Waals surface area contributed by atoms with Crippen LogP contribution in [0.3, 0.4) is 0 Å². The van der Waals surface area contributed by atoms with Crippen LogP contribution in [-0.2, 0) is 20.9 Å². The zero-order valence-corrected chi connectivity index (χ0v) is 16.4. The van der Waals surface area contributed by atoms with E-state index in [2.05, 4.69) is 15.5 Å². The smallest absolute Gasteiger partial charge is 0.338 e. The maximum Gasteiger partial charge on any atom is 0.338 e. The molecule has 2 aromatic rings. The van der Waals surface area contributed by atoms with E-state index in [4.69, 9.17) is 16.3 Å². The van der Waals surface area contributed by atoms with E-state index in [1.807, 2.05) is 12.1 Å². The fraction of sp³-hybridized carbons (Fsp3) is 0.286. The Bertz CT molecular complexity index is 978. The maximum atomic E-state index is 12.3. The van der Waals surface area contributed by atoms with Crippen LogP contribution in [0.1, 0.15) is 28.8 Å². The van der Waals surface area contributed by atoms with Crippen molar-refractivity contribution in [1.29, 1.82) is 0 Å². The van der Waals surface area contributed by atoms with E-state index in [-0.39, 0.29) is 17.5 Å². The average molecular weight is 414 g/mol. The quantitative estimate of drug-likeness (QED) is 0.736. The molecule has 0 aliphatic carbocycles. The Morgan fingerprint density at radius 3 is 2.93 bits per heavy atom. The summed E-state index contributed by atoms with van der Waals surface area (Å²) in [7, 11) is 0. The van der Waals surface area contributed by atoms with Crippen LogP contribution in [0.2, 0.25) is 5.02 Å². The van der Waals surface area contributed by atoms with Crippen molar-refractivity contribution in [2.24, 2.45) is 0 Å².